The highest BCUT2D eigenvalue weighted by atomic mass is 16.6. The quantitative estimate of drug-likeness (QED) is 0.782. The van der Waals surface area contributed by atoms with Gasteiger partial charge in [-0.1, -0.05) is 6.92 Å². The Morgan fingerprint density at radius 2 is 1.89 bits per heavy atom. The van der Waals surface area contributed by atoms with Crippen molar-refractivity contribution in [1.82, 2.24) is 4.90 Å². The molecular weight excluding hydrogens is 242 g/mol. The molecule has 1 unspecified atom stereocenters. The summed E-state index contributed by atoms with van der Waals surface area (Å²) in [5, 5.41) is 0. The number of Topliss-reactive ketones (excluding diaryl/α,β-unsaturated/α-hetero) is 1. The Balaban J connectivity index is 2.34. The SMILES string of the molecule is CCC(C)(C(=O)c1ccc2c(c1)OCCO2)N(C)C. The molecule has 4 heteroatoms. The van der Waals surface area contributed by atoms with Crippen molar-refractivity contribution in [2.45, 2.75) is 25.8 Å². The van der Waals surface area contributed by atoms with Crippen molar-refractivity contribution in [3.8, 4) is 11.5 Å². The number of ether oxygens (including phenoxy) is 2. The molecule has 0 spiro atoms. The highest BCUT2D eigenvalue weighted by Crippen LogP contribution is 2.32. The molecule has 0 bridgehead atoms. The molecule has 0 aromatic heterocycles. The number of benzene rings is 1. The van der Waals surface area contributed by atoms with Gasteiger partial charge in [0.05, 0.1) is 5.54 Å². The molecule has 0 saturated heterocycles. The van der Waals surface area contributed by atoms with Gasteiger partial charge in [-0.2, -0.15) is 0 Å². The van der Waals surface area contributed by atoms with Crippen LogP contribution < -0.4 is 9.47 Å². The minimum Gasteiger partial charge on any atom is -0.486 e. The summed E-state index contributed by atoms with van der Waals surface area (Å²) >= 11 is 0. The standard InChI is InChI=1S/C15H21NO3/c1-5-15(2,16(3)4)14(17)11-6-7-12-13(10-11)19-9-8-18-12/h6-7,10H,5,8-9H2,1-4H3. The maximum Gasteiger partial charge on any atom is 0.182 e. The third kappa shape index (κ3) is 2.45. The van der Waals surface area contributed by atoms with Crippen LogP contribution in [-0.2, 0) is 0 Å². The number of fused-ring (bicyclic) bond motifs is 1. The van der Waals surface area contributed by atoms with E-state index in [4.69, 9.17) is 9.47 Å². The topological polar surface area (TPSA) is 38.8 Å². The molecule has 1 aliphatic heterocycles. The van der Waals surface area contributed by atoms with Crippen molar-refractivity contribution >= 4 is 5.78 Å². The first kappa shape index (κ1) is 13.9. The van der Waals surface area contributed by atoms with E-state index >= 15 is 0 Å². The van der Waals surface area contributed by atoms with Crippen molar-refractivity contribution in [2.75, 3.05) is 27.3 Å². The van der Waals surface area contributed by atoms with Crippen molar-refractivity contribution in [2.24, 2.45) is 0 Å². The minimum atomic E-state index is -0.496. The zero-order chi connectivity index (χ0) is 14.0. The van der Waals surface area contributed by atoms with E-state index in [0.717, 1.165) is 6.42 Å². The van der Waals surface area contributed by atoms with Crippen LogP contribution >= 0.6 is 0 Å². The summed E-state index contributed by atoms with van der Waals surface area (Å²) in [6, 6.07) is 5.41. The molecule has 19 heavy (non-hydrogen) atoms. The van der Waals surface area contributed by atoms with Gasteiger partial charge in [0.1, 0.15) is 13.2 Å². The lowest BCUT2D eigenvalue weighted by atomic mass is 9.87. The molecule has 1 aliphatic rings. The van der Waals surface area contributed by atoms with E-state index in [9.17, 15) is 4.79 Å². The molecule has 4 nitrogen and oxygen atoms in total. The second-order valence-corrected chi connectivity index (χ2v) is 5.21. The average molecular weight is 263 g/mol. The predicted octanol–water partition coefficient (Wildman–Crippen LogP) is 2.37. The van der Waals surface area contributed by atoms with Crippen molar-refractivity contribution in [3.05, 3.63) is 23.8 Å². The van der Waals surface area contributed by atoms with E-state index in [1.165, 1.54) is 0 Å². The third-order valence-electron chi connectivity index (χ3n) is 3.97. The molecule has 2 rings (SSSR count). The monoisotopic (exact) mass is 263 g/mol. The van der Waals surface area contributed by atoms with E-state index in [0.29, 0.717) is 30.3 Å². The second-order valence-electron chi connectivity index (χ2n) is 5.21. The van der Waals surface area contributed by atoms with Gasteiger partial charge in [-0.25, -0.2) is 0 Å². The lowest BCUT2D eigenvalue weighted by Crippen LogP contribution is -2.48. The molecule has 1 atom stereocenters. The first-order chi connectivity index (χ1) is 8.99. The largest absolute Gasteiger partial charge is 0.486 e. The Kier molecular flexibility index (Phi) is 3.80. The molecule has 0 amide bonds. The van der Waals surface area contributed by atoms with Crippen molar-refractivity contribution in [1.29, 1.82) is 0 Å². The second kappa shape index (κ2) is 5.21. The third-order valence-corrected chi connectivity index (χ3v) is 3.97. The van der Waals surface area contributed by atoms with Crippen LogP contribution in [0.3, 0.4) is 0 Å². The molecule has 0 saturated carbocycles. The molecule has 0 radical (unpaired) electrons. The summed E-state index contributed by atoms with van der Waals surface area (Å²) < 4.78 is 11.0. The molecule has 0 aliphatic carbocycles. The van der Waals surface area contributed by atoms with E-state index in [-0.39, 0.29) is 5.78 Å². The molecule has 0 N–H and O–H groups in total. The molecular formula is C15H21NO3. The summed E-state index contributed by atoms with van der Waals surface area (Å²) in [7, 11) is 3.86. The summed E-state index contributed by atoms with van der Waals surface area (Å²) in [6.45, 7) is 5.08. The zero-order valence-electron chi connectivity index (χ0n) is 12.0. The van der Waals surface area contributed by atoms with E-state index in [2.05, 4.69) is 0 Å². The van der Waals surface area contributed by atoms with Crippen molar-refractivity contribution < 1.29 is 14.3 Å². The van der Waals surface area contributed by atoms with E-state index < -0.39 is 5.54 Å². The van der Waals surface area contributed by atoms with Crippen LogP contribution in [0.25, 0.3) is 0 Å². The van der Waals surface area contributed by atoms with Crippen molar-refractivity contribution in [3.63, 3.8) is 0 Å². The van der Waals surface area contributed by atoms with Gasteiger partial charge in [-0.05, 0) is 45.6 Å². The molecule has 1 aromatic carbocycles. The Morgan fingerprint density at radius 3 is 2.47 bits per heavy atom. The van der Waals surface area contributed by atoms with Gasteiger partial charge in [-0.15, -0.1) is 0 Å². The minimum absolute atomic E-state index is 0.108. The average Bonchev–Trinajstić information content (AvgIpc) is 2.44. The number of nitrogens with zero attached hydrogens (tertiary/aromatic N) is 1. The van der Waals surface area contributed by atoms with Gasteiger partial charge in [0.15, 0.2) is 17.3 Å². The summed E-state index contributed by atoms with van der Waals surface area (Å²) in [4.78, 5) is 14.7. The number of rotatable bonds is 4. The first-order valence-electron chi connectivity index (χ1n) is 6.61. The van der Waals surface area contributed by atoms with Crippen LogP contribution in [0.5, 0.6) is 11.5 Å². The predicted molar refractivity (Wildman–Crippen MR) is 74.1 cm³/mol. The fourth-order valence-electron chi connectivity index (χ4n) is 2.18. The highest BCUT2D eigenvalue weighted by molar-refractivity contribution is 6.03. The van der Waals surface area contributed by atoms with Gasteiger partial charge in [0.25, 0.3) is 0 Å². The molecule has 1 heterocycles. The van der Waals surface area contributed by atoms with E-state index in [1.807, 2.05) is 45.0 Å². The fourth-order valence-corrected chi connectivity index (χ4v) is 2.18. The van der Waals surface area contributed by atoms with Crippen LogP contribution in [-0.4, -0.2) is 43.5 Å². The lowest BCUT2D eigenvalue weighted by molar-refractivity contribution is 0.0709. The van der Waals surface area contributed by atoms with Crippen LogP contribution in [0.15, 0.2) is 18.2 Å². The normalized spacial score (nSPS) is 17.1. The number of carbonyl (C=O) groups excluding carboxylic acids is 1. The highest BCUT2D eigenvalue weighted by Gasteiger charge is 2.34. The molecule has 0 fully saturated rings. The number of ketones is 1. The van der Waals surface area contributed by atoms with E-state index in [1.54, 1.807) is 6.07 Å². The fraction of sp³-hybridized carbons (Fsp3) is 0.533. The van der Waals surface area contributed by atoms with Gasteiger partial charge in [0.2, 0.25) is 0 Å². The smallest absolute Gasteiger partial charge is 0.182 e. The number of hydrogen-bond donors (Lipinski definition) is 0. The maximum absolute atomic E-state index is 12.7. The number of hydrogen-bond acceptors (Lipinski definition) is 4. The maximum atomic E-state index is 12.7. The Labute approximate surface area is 114 Å². The van der Waals surface area contributed by atoms with Crippen LogP contribution in [0.4, 0.5) is 0 Å². The summed E-state index contributed by atoms with van der Waals surface area (Å²) in [5.41, 5.74) is 0.173. The lowest BCUT2D eigenvalue weighted by Gasteiger charge is -2.34. The van der Waals surface area contributed by atoms with Crippen LogP contribution in [0.1, 0.15) is 30.6 Å². The Bertz CT molecular complexity index is 484. The Morgan fingerprint density at radius 1 is 1.26 bits per heavy atom. The summed E-state index contributed by atoms with van der Waals surface area (Å²) in [5.74, 6) is 1.48. The number of carbonyl (C=O) groups is 1. The number of likely N-dealkylation sites (N-methyl/N-ethyl adjacent to an activating group) is 1. The van der Waals surface area contributed by atoms with Gasteiger partial charge in [-0.3, -0.25) is 9.69 Å². The van der Waals surface area contributed by atoms with Crippen LogP contribution in [0.2, 0.25) is 0 Å². The van der Waals surface area contributed by atoms with Gasteiger partial charge >= 0.3 is 0 Å². The van der Waals surface area contributed by atoms with Gasteiger partial charge < -0.3 is 9.47 Å². The van der Waals surface area contributed by atoms with Gasteiger partial charge in [0, 0.05) is 5.56 Å². The molecule has 1 aromatic rings. The first-order valence-corrected chi connectivity index (χ1v) is 6.61. The molecule has 104 valence electrons. The summed E-state index contributed by atoms with van der Waals surface area (Å²) in [6.07, 6.45) is 0.757. The zero-order valence-corrected chi connectivity index (χ0v) is 12.0. The Hall–Kier alpha value is -1.55. The van der Waals surface area contributed by atoms with Crippen LogP contribution in [0, 0.1) is 0 Å².